The van der Waals surface area contributed by atoms with Gasteiger partial charge in [-0.05, 0) is 25.3 Å². The molecule has 0 saturated carbocycles. The lowest BCUT2D eigenvalue weighted by Crippen LogP contribution is -2.44. The molecule has 1 saturated heterocycles. The molecule has 0 aromatic carbocycles. The molecule has 110 valence electrons. The van der Waals surface area contributed by atoms with Crippen molar-refractivity contribution in [1.29, 1.82) is 0 Å². The van der Waals surface area contributed by atoms with Crippen LogP contribution in [0.5, 0.6) is 0 Å². The van der Waals surface area contributed by atoms with Crippen LogP contribution >= 0.6 is 0 Å². The topological polar surface area (TPSA) is 70.2 Å². The number of rotatable bonds is 5. The van der Waals surface area contributed by atoms with Gasteiger partial charge in [-0.1, -0.05) is 6.92 Å². The van der Waals surface area contributed by atoms with Gasteiger partial charge in [0.15, 0.2) is 0 Å². The van der Waals surface area contributed by atoms with Crippen LogP contribution in [0, 0.1) is 0 Å². The molecule has 0 bridgehead atoms. The monoisotopic (exact) mass is 277 g/mol. The molecule has 1 amide bonds. The van der Waals surface area contributed by atoms with E-state index >= 15 is 0 Å². The average molecular weight is 277 g/mol. The number of anilines is 2. The molecule has 0 aliphatic carbocycles. The van der Waals surface area contributed by atoms with Gasteiger partial charge in [-0.25, -0.2) is 4.98 Å². The third kappa shape index (κ3) is 4.08. The lowest BCUT2D eigenvalue weighted by molar-refractivity contribution is -0.119. The van der Waals surface area contributed by atoms with Crippen molar-refractivity contribution in [3.05, 3.63) is 12.3 Å². The number of nitrogens with zero attached hydrogens (tertiary/aromatic N) is 3. The zero-order chi connectivity index (χ0) is 14.4. The van der Waals surface area contributed by atoms with Crippen LogP contribution in [0.1, 0.15) is 33.1 Å². The van der Waals surface area contributed by atoms with Crippen molar-refractivity contribution in [3.63, 3.8) is 0 Å². The van der Waals surface area contributed by atoms with Crippen molar-refractivity contribution in [2.24, 2.45) is 0 Å². The van der Waals surface area contributed by atoms with E-state index in [2.05, 4.69) is 32.4 Å². The summed E-state index contributed by atoms with van der Waals surface area (Å²) in [5.74, 6) is 1.70. The number of carbonyl (C=O) groups is 1. The zero-order valence-electron chi connectivity index (χ0n) is 12.2. The highest BCUT2D eigenvalue weighted by Crippen LogP contribution is 2.18. The summed E-state index contributed by atoms with van der Waals surface area (Å²) in [5.41, 5.74) is 0. The van der Waals surface area contributed by atoms with Crippen LogP contribution in [0.4, 0.5) is 11.8 Å². The van der Waals surface area contributed by atoms with Crippen molar-refractivity contribution in [3.8, 4) is 0 Å². The Morgan fingerprint density at radius 3 is 2.85 bits per heavy atom. The molecular weight excluding hydrogens is 254 g/mol. The number of aromatic nitrogens is 2. The van der Waals surface area contributed by atoms with E-state index in [1.54, 1.807) is 13.1 Å². The SMILES string of the molecule is CCCNc1nccc(N2CCC(NC(C)=O)CC2)n1. The van der Waals surface area contributed by atoms with E-state index in [1.807, 2.05) is 6.07 Å². The van der Waals surface area contributed by atoms with E-state index in [4.69, 9.17) is 0 Å². The van der Waals surface area contributed by atoms with Crippen LogP contribution in [0.25, 0.3) is 0 Å². The second kappa shape index (κ2) is 7.07. The molecule has 0 radical (unpaired) electrons. The molecular formula is C14H23N5O. The predicted octanol–water partition coefficient (Wildman–Crippen LogP) is 1.40. The minimum atomic E-state index is 0.0523. The van der Waals surface area contributed by atoms with E-state index < -0.39 is 0 Å². The van der Waals surface area contributed by atoms with Crippen LogP contribution < -0.4 is 15.5 Å². The lowest BCUT2D eigenvalue weighted by Gasteiger charge is -2.33. The van der Waals surface area contributed by atoms with Gasteiger partial charge in [0.1, 0.15) is 5.82 Å². The van der Waals surface area contributed by atoms with E-state index in [9.17, 15) is 4.79 Å². The van der Waals surface area contributed by atoms with Gasteiger partial charge in [-0.15, -0.1) is 0 Å². The molecule has 2 N–H and O–H groups in total. The molecule has 1 aromatic heterocycles. The summed E-state index contributed by atoms with van der Waals surface area (Å²) in [7, 11) is 0. The molecule has 0 atom stereocenters. The summed E-state index contributed by atoms with van der Waals surface area (Å²) in [6.07, 6.45) is 4.76. The first-order valence-electron chi connectivity index (χ1n) is 7.28. The summed E-state index contributed by atoms with van der Waals surface area (Å²) >= 11 is 0. The highest BCUT2D eigenvalue weighted by molar-refractivity contribution is 5.73. The van der Waals surface area contributed by atoms with Crippen LogP contribution in [0.3, 0.4) is 0 Å². The van der Waals surface area contributed by atoms with Gasteiger partial charge in [0.25, 0.3) is 0 Å². The second-order valence-electron chi connectivity index (χ2n) is 5.13. The van der Waals surface area contributed by atoms with Crippen molar-refractivity contribution >= 4 is 17.7 Å². The van der Waals surface area contributed by atoms with Gasteiger partial charge in [0, 0.05) is 38.8 Å². The van der Waals surface area contributed by atoms with Crippen molar-refractivity contribution < 1.29 is 4.79 Å². The Morgan fingerprint density at radius 2 is 2.20 bits per heavy atom. The first-order chi connectivity index (χ1) is 9.69. The number of piperidine rings is 1. The van der Waals surface area contributed by atoms with Crippen molar-refractivity contribution in [2.75, 3.05) is 29.9 Å². The summed E-state index contributed by atoms with van der Waals surface area (Å²) in [4.78, 5) is 22.1. The molecule has 20 heavy (non-hydrogen) atoms. The number of carbonyl (C=O) groups excluding carboxylic acids is 1. The molecule has 2 rings (SSSR count). The molecule has 1 aromatic rings. The summed E-state index contributed by atoms with van der Waals surface area (Å²) < 4.78 is 0. The third-order valence-corrected chi connectivity index (χ3v) is 3.40. The lowest BCUT2D eigenvalue weighted by atomic mass is 10.1. The zero-order valence-corrected chi connectivity index (χ0v) is 12.2. The van der Waals surface area contributed by atoms with E-state index in [0.29, 0.717) is 12.0 Å². The van der Waals surface area contributed by atoms with Gasteiger partial charge < -0.3 is 15.5 Å². The fourth-order valence-corrected chi connectivity index (χ4v) is 2.39. The van der Waals surface area contributed by atoms with Crippen LogP contribution in [0.15, 0.2) is 12.3 Å². The molecule has 6 heteroatoms. The molecule has 0 unspecified atom stereocenters. The quantitative estimate of drug-likeness (QED) is 0.851. The average Bonchev–Trinajstić information content (AvgIpc) is 2.45. The second-order valence-corrected chi connectivity index (χ2v) is 5.13. The molecule has 1 fully saturated rings. The van der Waals surface area contributed by atoms with Gasteiger partial charge in [0.05, 0.1) is 0 Å². The van der Waals surface area contributed by atoms with Crippen LogP contribution in [-0.4, -0.2) is 41.6 Å². The summed E-state index contributed by atoms with van der Waals surface area (Å²) in [6, 6.07) is 2.24. The Morgan fingerprint density at radius 1 is 1.45 bits per heavy atom. The smallest absolute Gasteiger partial charge is 0.224 e. The summed E-state index contributed by atoms with van der Waals surface area (Å²) in [6.45, 7) is 6.39. The largest absolute Gasteiger partial charge is 0.356 e. The minimum Gasteiger partial charge on any atom is -0.356 e. The minimum absolute atomic E-state index is 0.0523. The first-order valence-corrected chi connectivity index (χ1v) is 7.28. The fraction of sp³-hybridized carbons (Fsp3) is 0.643. The van der Waals surface area contributed by atoms with E-state index in [0.717, 1.165) is 44.7 Å². The van der Waals surface area contributed by atoms with Gasteiger partial charge in [0.2, 0.25) is 11.9 Å². The highest BCUT2D eigenvalue weighted by Gasteiger charge is 2.20. The Labute approximate surface area is 120 Å². The molecule has 1 aliphatic heterocycles. The Bertz CT molecular complexity index is 443. The molecule has 2 heterocycles. The first kappa shape index (κ1) is 14.6. The summed E-state index contributed by atoms with van der Waals surface area (Å²) in [5, 5.41) is 6.19. The third-order valence-electron chi connectivity index (χ3n) is 3.40. The van der Waals surface area contributed by atoms with E-state index in [1.165, 1.54) is 0 Å². The maximum atomic E-state index is 11.1. The van der Waals surface area contributed by atoms with E-state index in [-0.39, 0.29) is 5.91 Å². The normalized spacial score (nSPS) is 16.0. The van der Waals surface area contributed by atoms with Crippen molar-refractivity contribution in [2.45, 2.75) is 39.2 Å². The molecule has 0 spiro atoms. The maximum absolute atomic E-state index is 11.1. The Hall–Kier alpha value is -1.85. The van der Waals surface area contributed by atoms with Gasteiger partial charge in [-0.3, -0.25) is 4.79 Å². The number of amides is 1. The van der Waals surface area contributed by atoms with Gasteiger partial charge >= 0.3 is 0 Å². The maximum Gasteiger partial charge on any atom is 0.224 e. The van der Waals surface area contributed by atoms with Crippen LogP contribution in [0.2, 0.25) is 0 Å². The van der Waals surface area contributed by atoms with Gasteiger partial charge in [-0.2, -0.15) is 4.98 Å². The molecule has 6 nitrogen and oxygen atoms in total. The number of hydrogen-bond donors (Lipinski definition) is 2. The predicted molar refractivity (Wildman–Crippen MR) is 79.9 cm³/mol. The Balaban J connectivity index is 1.91. The van der Waals surface area contributed by atoms with Crippen LogP contribution in [-0.2, 0) is 4.79 Å². The Kier molecular flexibility index (Phi) is 5.15. The highest BCUT2D eigenvalue weighted by atomic mass is 16.1. The number of hydrogen-bond acceptors (Lipinski definition) is 5. The fourth-order valence-electron chi connectivity index (χ4n) is 2.39. The molecule has 1 aliphatic rings. The standard InChI is InChI=1S/C14H23N5O/c1-3-7-15-14-16-8-4-13(18-14)19-9-5-12(6-10-19)17-11(2)20/h4,8,12H,3,5-7,9-10H2,1-2H3,(H,17,20)(H,15,16,18). The number of nitrogens with one attached hydrogen (secondary N) is 2. The van der Waals surface area contributed by atoms with Crippen molar-refractivity contribution in [1.82, 2.24) is 15.3 Å².